The van der Waals surface area contributed by atoms with Crippen LogP contribution in [0.2, 0.25) is 0 Å². The van der Waals surface area contributed by atoms with Crippen molar-refractivity contribution in [2.75, 3.05) is 26.0 Å². The van der Waals surface area contributed by atoms with Gasteiger partial charge in [-0.1, -0.05) is 17.7 Å². The van der Waals surface area contributed by atoms with Gasteiger partial charge in [0.2, 0.25) is 10.0 Å². The molecule has 0 heterocycles. The van der Waals surface area contributed by atoms with Crippen LogP contribution >= 0.6 is 0 Å². The SMILES string of the molecule is Cc1cc(C)c(C(=O)OCC(=O)Nc2ccc(S(=O)(=O)N(C)C)cc2)c(C)c1. The van der Waals surface area contributed by atoms with E-state index in [1.54, 1.807) is 0 Å². The highest BCUT2D eigenvalue weighted by molar-refractivity contribution is 7.89. The third-order valence-electron chi connectivity index (χ3n) is 4.13. The molecule has 0 fully saturated rings. The number of hydrogen-bond donors (Lipinski definition) is 1. The summed E-state index contributed by atoms with van der Waals surface area (Å²) in [5.74, 6) is -1.07. The number of sulfonamides is 1. The first kappa shape index (κ1) is 21.6. The van der Waals surface area contributed by atoms with Gasteiger partial charge in [0.25, 0.3) is 5.91 Å². The second-order valence-corrected chi connectivity index (χ2v) is 8.86. The lowest BCUT2D eigenvalue weighted by molar-refractivity contribution is -0.119. The molecular formula is C20H24N2O5S. The molecule has 8 heteroatoms. The van der Waals surface area contributed by atoms with Crippen LogP contribution in [-0.2, 0) is 19.6 Å². The van der Waals surface area contributed by atoms with Crippen LogP contribution in [-0.4, -0.2) is 45.3 Å². The van der Waals surface area contributed by atoms with Crippen LogP contribution in [0.15, 0.2) is 41.3 Å². The molecule has 0 unspecified atom stereocenters. The van der Waals surface area contributed by atoms with Gasteiger partial charge < -0.3 is 10.1 Å². The zero-order chi connectivity index (χ0) is 21.1. The predicted molar refractivity (Wildman–Crippen MR) is 107 cm³/mol. The van der Waals surface area contributed by atoms with Crippen LogP contribution in [0, 0.1) is 20.8 Å². The van der Waals surface area contributed by atoms with Crippen LogP contribution in [0.1, 0.15) is 27.0 Å². The van der Waals surface area contributed by atoms with Gasteiger partial charge in [0, 0.05) is 19.8 Å². The van der Waals surface area contributed by atoms with Gasteiger partial charge in [0.05, 0.1) is 10.5 Å². The maximum Gasteiger partial charge on any atom is 0.339 e. The van der Waals surface area contributed by atoms with Crippen molar-refractivity contribution in [3.8, 4) is 0 Å². The summed E-state index contributed by atoms with van der Waals surface area (Å²) in [6.07, 6.45) is 0. The summed E-state index contributed by atoms with van der Waals surface area (Å²) in [6, 6.07) is 9.51. The van der Waals surface area contributed by atoms with Gasteiger partial charge in [-0.2, -0.15) is 0 Å². The topological polar surface area (TPSA) is 92.8 Å². The monoisotopic (exact) mass is 404 g/mol. The number of esters is 1. The molecule has 0 aliphatic heterocycles. The molecule has 2 rings (SSSR count). The first-order valence-electron chi connectivity index (χ1n) is 8.60. The molecule has 0 radical (unpaired) electrons. The molecule has 0 saturated heterocycles. The molecule has 0 aromatic heterocycles. The van der Waals surface area contributed by atoms with E-state index in [2.05, 4.69) is 5.32 Å². The van der Waals surface area contributed by atoms with Crippen molar-refractivity contribution in [1.29, 1.82) is 0 Å². The number of carbonyl (C=O) groups is 2. The van der Waals surface area contributed by atoms with E-state index in [4.69, 9.17) is 4.74 Å². The third-order valence-corrected chi connectivity index (χ3v) is 5.96. The molecule has 7 nitrogen and oxygen atoms in total. The smallest absolute Gasteiger partial charge is 0.339 e. The molecule has 28 heavy (non-hydrogen) atoms. The first-order valence-corrected chi connectivity index (χ1v) is 10.0. The summed E-state index contributed by atoms with van der Waals surface area (Å²) in [7, 11) is -0.652. The van der Waals surface area contributed by atoms with Gasteiger partial charge in [-0.05, 0) is 56.2 Å². The molecule has 0 aliphatic carbocycles. The van der Waals surface area contributed by atoms with Gasteiger partial charge in [-0.25, -0.2) is 17.5 Å². The lowest BCUT2D eigenvalue weighted by Gasteiger charge is -2.12. The largest absolute Gasteiger partial charge is 0.452 e. The quantitative estimate of drug-likeness (QED) is 0.747. The predicted octanol–water partition coefficient (Wildman–Crippen LogP) is 2.66. The maximum absolute atomic E-state index is 12.3. The Kier molecular flexibility index (Phi) is 6.58. The van der Waals surface area contributed by atoms with Crippen molar-refractivity contribution >= 4 is 27.6 Å². The Hall–Kier alpha value is -2.71. The number of anilines is 1. The number of nitrogens with zero attached hydrogens (tertiary/aromatic N) is 1. The fourth-order valence-electron chi connectivity index (χ4n) is 2.82. The average Bonchev–Trinajstić information content (AvgIpc) is 2.59. The van der Waals surface area contributed by atoms with Crippen LogP contribution in [0.3, 0.4) is 0 Å². The Morgan fingerprint density at radius 1 is 1.00 bits per heavy atom. The third kappa shape index (κ3) is 4.96. The fourth-order valence-corrected chi connectivity index (χ4v) is 3.73. The Morgan fingerprint density at radius 2 is 1.54 bits per heavy atom. The van der Waals surface area contributed by atoms with Crippen LogP contribution in [0.25, 0.3) is 0 Å². The summed E-state index contributed by atoms with van der Waals surface area (Å²) in [5.41, 5.74) is 3.49. The highest BCUT2D eigenvalue weighted by Gasteiger charge is 2.18. The second kappa shape index (κ2) is 8.53. The van der Waals surface area contributed by atoms with Crippen molar-refractivity contribution in [1.82, 2.24) is 4.31 Å². The average molecular weight is 404 g/mol. The van der Waals surface area contributed by atoms with Crippen molar-refractivity contribution in [2.45, 2.75) is 25.7 Å². The lowest BCUT2D eigenvalue weighted by Crippen LogP contribution is -2.23. The number of benzene rings is 2. The zero-order valence-electron chi connectivity index (χ0n) is 16.6. The molecule has 0 bridgehead atoms. The minimum absolute atomic E-state index is 0.118. The number of hydrogen-bond acceptors (Lipinski definition) is 5. The number of amides is 1. The zero-order valence-corrected chi connectivity index (χ0v) is 17.4. The van der Waals surface area contributed by atoms with E-state index in [1.807, 2.05) is 32.9 Å². The molecule has 1 N–H and O–H groups in total. The van der Waals surface area contributed by atoms with E-state index < -0.39 is 28.5 Å². The minimum atomic E-state index is -3.53. The first-order chi connectivity index (χ1) is 13.0. The van der Waals surface area contributed by atoms with E-state index in [-0.39, 0.29) is 4.90 Å². The Balaban J connectivity index is 1.99. The summed E-state index contributed by atoms with van der Waals surface area (Å²) in [4.78, 5) is 24.5. The van der Waals surface area contributed by atoms with E-state index >= 15 is 0 Å². The van der Waals surface area contributed by atoms with Crippen molar-refractivity contribution in [3.05, 3.63) is 58.7 Å². The number of aryl methyl sites for hydroxylation is 3. The minimum Gasteiger partial charge on any atom is -0.452 e. The highest BCUT2D eigenvalue weighted by Crippen LogP contribution is 2.18. The molecule has 1 amide bonds. The van der Waals surface area contributed by atoms with Gasteiger partial charge in [0.1, 0.15) is 0 Å². The standard InChI is InChI=1S/C20H24N2O5S/c1-13-10-14(2)19(15(3)11-13)20(24)27-12-18(23)21-16-6-8-17(9-7-16)28(25,26)22(4)5/h6-11H,12H2,1-5H3,(H,21,23). The second-order valence-electron chi connectivity index (χ2n) is 6.71. The number of carbonyl (C=O) groups excluding carboxylic acids is 2. The molecule has 150 valence electrons. The van der Waals surface area contributed by atoms with Crippen LogP contribution in [0.5, 0.6) is 0 Å². The normalized spacial score (nSPS) is 11.4. The van der Waals surface area contributed by atoms with E-state index in [0.717, 1.165) is 21.0 Å². The molecule has 2 aromatic rings. The molecular weight excluding hydrogens is 380 g/mol. The van der Waals surface area contributed by atoms with Gasteiger partial charge in [-0.15, -0.1) is 0 Å². The van der Waals surface area contributed by atoms with E-state index in [1.165, 1.54) is 38.4 Å². The van der Waals surface area contributed by atoms with Gasteiger partial charge >= 0.3 is 5.97 Å². The van der Waals surface area contributed by atoms with Crippen molar-refractivity contribution in [2.24, 2.45) is 0 Å². The Labute approximate surface area is 165 Å². The van der Waals surface area contributed by atoms with Crippen LogP contribution < -0.4 is 5.32 Å². The van der Waals surface area contributed by atoms with Crippen molar-refractivity contribution < 1.29 is 22.7 Å². The molecule has 0 spiro atoms. The molecule has 0 saturated carbocycles. The summed E-state index contributed by atoms with van der Waals surface area (Å²) in [5, 5.41) is 2.57. The Morgan fingerprint density at radius 3 is 2.04 bits per heavy atom. The van der Waals surface area contributed by atoms with E-state index in [0.29, 0.717) is 11.3 Å². The highest BCUT2D eigenvalue weighted by atomic mass is 32.2. The Bertz CT molecular complexity index is 973. The molecule has 0 atom stereocenters. The summed E-state index contributed by atoms with van der Waals surface area (Å²) < 4.78 is 30.3. The van der Waals surface area contributed by atoms with Crippen LogP contribution in [0.4, 0.5) is 5.69 Å². The van der Waals surface area contributed by atoms with Gasteiger partial charge in [0.15, 0.2) is 6.61 Å². The van der Waals surface area contributed by atoms with Gasteiger partial charge in [-0.3, -0.25) is 4.79 Å². The fraction of sp³-hybridized carbons (Fsp3) is 0.300. The lowest BCUT2D eigenvalue weighted by atomic mass is 10.00. The van der Waals surface area contributed by atoms with Crippen molar-refractivity contribution in [3.63, 3.8) is 0 Å². The summed E-state index contributed by atoms with van der Waals surface area (Å²) in [6.45, 7) is 5.14. The molecule has 0 aliphatic rings. The summed E-state index contributed by atoms with van der Waals surface area (Å²) >= 11 is 0. The maximum atomic E-state index is 12.3. The number of ether oxygens (including phenoxy) is 1. The number of rotatable bonds is 6. The number of nitrogens with one attached hydrogen (secondary N) is 1. The molecule has 2 aromatic carbocycles. The van der Waals surface area contributed by atoms with E-state index in [9.17, 15) is 18.0 Å².